The fraction of sp³-hybridized carbons (Fsp3) is 0.182. The molecule has 0 aliphatic carbocycles. The van der Waals surface area contributed by atoms with Crippen LogP contribution in [-0.2, 0) is 17.8 Å². The summed E-state index contributed by atoms with van der Waals surface area (Å²) >= 11 is 0. The van der Waals surface area contributed by atoms with Crippen molar-refractivity contribution in [2.24, 2.45) is 5.92 Å². The van der Waals surface area contributed by atoms with Gasteiger partial charge in [0.25, 0.3) is 0 Å². The largest absolute Gasteiger partial charge is 0.481 e. The summed E-state index contributed by atoms with van der Waals surface area (Å²) < 4.78 is 13.0. The highest BCUT2D eigenvalue weighted by Gasteiger charge is 2.23. The SMILES string of the molecule is Cc1cc(-c2ccc(NC(=O)NCc3ccc(F)cc3)cc2)ccc1C(=O)CC(CCc1ccccc1)C(=O)O. The number of carbonyl (C=O) groups excluding carboxylic acids is 2. The molecular weight excluding hydrogens is 507 g/mol. The number of carbonyl (C=O) groups is 3. The fourth-order valence-corrected chi connectivity index (χ4v) is 4.49. The lowest BCUT2D eigenvalue weighted by molar-refractivity contribution is -0.141. The average molecular weight is 539 g/mol. The molecule has 0 spiro atoms. The van der Waals surface area contributed by atoms with Crippen LogP contribution in [0, 0.1) is 18.7 Å². The number of carboxylic acids is 1. The quantitative estimate of drug-likeness (QED) is 0.179. The minimum Gasteiger partial charge on any atom is -0.481 e. The molecule has 40 heavy (non-hydrogen) atoms. The topological polar surface area (TPSA) is 95.5 Å². The van der Waals surface area contributed by atoms with Crippen LogP contribution in [0.25, 0.3) is 11.1 Å². The molecule has 7 heteroatoms. The molecule has 0 aliphatic rings. The molecule has 6 nitrogen and oxygen atoms in total. The Morgan fingerprint density at radius 1 is 0.825 bits per heavy atom. The molecular formula is C33H31FN2O4. The predicted molar refractivity (Wildman–Crippen MR) is 154 cm³/mol. The first-order chi connectivity index (χ1) is 19.3. The Morgan fingerprint density at radius 3 is 2.15 bits per heavy atom. The molecule has 0 aromatic heterocycles. The maximum atomic E-state index is 13.0. The summed E-state index contributed by atoms with van der Waals surface area (Å²) in [6.07, 6.45) is 0.947. The monoisotopic (exact) mass is 538 g/mol. The van der Waals surface area contributed by atoms with Gasteiger partial charge in [0.2, 0.25) is 0 Å². The van der Waals surface area contributed by atoms with E-state index in [-0.39, 0.29) is 30.6 Å². The first-order valence-electron chi connectivity index (χ1n) is 13.1. The van der Waals surface area contributed by atoms with Gasteiger partial charge in [0.15, 0.2) is 5.78 Å². The van der Waals surface area contributed by atoms with Crippen molar-refractivity contribution in [1.82, 2.24) is 5.32 Å². The van der Waals surface area contributed by atoms with Crippen LogP contribution in [-0.4, -0.2) is 22.9 Å². The molecule has 0 saturated heterocycles. The predicted octanol–water partition coefficient (Wildman–Crippen LogP) is 7.03. The number of benzene rings is 4. The molecule has 0 fully saturated rings. The summed E-state index contributed by atoms with van der Waals surface area (Å²) in [4.78, 5) is 37.1. The van der Waals surface area contributed by atoms with Crippen molar-refractivity contribution in [3.8, 4) is 11.1 Å². The molecule has 4 aromatic carbocycles. The summed E-state index contributed by atoms with van der Waals surface area (Å²) in [6, 6.07) is 28.0. The zero-order valence-corrected chi connectivity index (χ0v) is 22.2. The second kappa shape index (κ2) is 13.3. The van der Waals surface area contributed by atoms with Crippen molar-refractivity contribution < 1.29 is 23.9 Å². The highest BCUT2D eigenvalue weighted by molar-refractivity contribution is 5.99. The third-order valence-corrected chi connectivity index (χ3v) is 6.77. The summed E-state index contributed by atoms with van der Waals surface area (Å²) in [5.41, 5.74) is 5.55. The summed E-state index contributed by atoms with van der Waals surface area (Å²) in [5.74, 6) is -2.22. The van der Waals surface area contributed by atoms with Crippen molar-refractivity contribution in [2.75, 3.05) is 5.32 Å². The Kier molecular flexibility index (Phi) is 9.41. The van der Waals surface area contributed by atoms with E-state index in [0.717, 1.165) is 27.8 Å². The molecule has 2 amide bonds. The fourth-order valence-electron chi connectivity index (χ4n) is 4.49. The molecule has 1 unspecified atom stereocenters. The lowest BCUT2D eigenvalue weighted by Crippen LogP contribution is -2.28. The number of aliphatic carboxylic acids is 1. The summed E-state index contributed by atoms with van der Waals surface area (Å²) in [7, 11) is 0. The van der Waals surface area contributed by atoms with Crippen LogP contribution >= 0.6 is 0 Å². The van der Waals surface area contributed by atoms with Gasteiger partial charge in [0, 0.05) is 24.2 Å². The standard InChI is InChI=1S/C33H31FN2O4/c1-22-19-26(13-18-30(22)31(37)20-27(32(38)39)10-7-23-5-3-2-4-6-23)25-11-16-29(17-12-25)36-33(40)35-21-24-8-14-28(34)15-9-24/h2-6,8-9,11-19,27H,7,10,20-21H2,1H3,(H,38,39)(H2,35,36,40). The number of amides is 2. The number of urea groups is 1. The Hall–Kier alpha value is -4.78. The molecule has 1 atom stereocenters. The van der Waals surface area contributed by atoms with Crippen LogP contribution in [0.15, 0.2) is 97.1 Å². The Labute approximate surface area is 232 Å². The van der Waals surface area contributed by atoms with Gasteiger partial charge in [0.1, 0.15) is 5.82 Å². The van der Waals surface area contributed by atoms with Crippen molar-refractivity contribution in [3.05, 3.63) is 125 Å². The maximum absolute atomic E-state index is 13.0. The van der Waals surface area contributed by atoms with E-state index < -0.39 is 11.9 Å². The second-order valence-electron chi connectivity index (χ2n) is 9.73. The number of nitrogens with one attached hydrogen (secondary N) is 2. The van der Waals surface area contributed by atoms with E-state index in [1.165, 1.54) is 12.1 Å². The first kappa shape index (κ1) is 28.2. The molecule has 0 saturated carbocycles. The molecule has 0 heterocycles. The number of anilines is 1. The van der Waals surface area contributed by atoms with E-state index in [9.17, 15) is 23.9 Å². The van der Waals surface area contributed by atoms with Crippen LogP contribution in [0.1, 0.15) is 39.9 Å². The molecule has 0 aliphatic heterocycles. The number of Topliss-reactive ketones (excluding diaryl/α,β-unsaturated/α-hetero) is 1. The number of halogens is 1. The van der Waals surface area contributed by atoms with E-state index in [4.69, 9.17) is 0 Å². The van der Waals surface area contributed by atoms with E-state index >= 15 is 0 Å². The highest BCUT2D eigenvalue weighted by Crippen LogP contribution is 2.26. The molecule has 204 valence electrons. The summed E-state index contributed by atoms with van der Waals surface area (Å²) in [6.45, 7) is 2.12. The minimum absolute atomic E-state index is 0.0497. The van der Waals surface area contributed by atoms with Gasteiger partial charge in [0.05, 0.1) is 5.92 Å². The van der Waals surface area contributed by atoms with Gasteiger partial charge in [-0.3, -0.25) is 9.59 Å². The molecule has 0 bridgehead atoms. The van der Waals surface area contributed by atoms with Crippen molar-refractivity contribution in [2.45, 2.75) is 32.7 Å². The zero-order chi connectivity index (χ0) is 28.5. The van der Waals surface area contributed by atoms with Gasteiger partial charge < -0.3 is 15.7 Å². The summed E-state index contributed by atoms with van der Waals surface area (Å²) in [5, 5.41) is 15.2. The van der Waals surface area contributed by atoms with E-state index in [0.29, 0.717) is 24.1 Å². The van der Waals surface area contributed by atoms with Gasteiger partial charge in [-0.05, 0) is 71.8 Å². The van der Waals surface area contributed by atoms with Crippen LogP contribution in [0.2, 0.25) is 0 Å². The Balaban J connectivity index is 1.34. The Bertz CT molecular complexity index is 1470. The minimum atomic E-state index is -0.962. The van der Waals surface area contributed by atoms with Gasteiger partial charge in [-0.2, -0.15) is 0 Å². The van der Waals surface area contributed by atoms with E-state index in [2.05, 4.69) is 10.6 Å². The normalized spacial score (nSPS) is 11.4. The lowest BCUT2D eigenvalue weighted by Gasteiger charge is -2.14. The number of ketones is 1. The third-order valence-electron chi connectivity index (χ3n) is 6.77. The number of hydrogen-bond acceptors (Lipinski definition) is 3. The Morgan fingerprint density at radius 2 is 1.50 bits per heavy atom. The van der Waals surface area contributed by atoms with Crippen molar-refractivity contribution >= 4 is 23.5 Å². The molecule has 4 rings (SSSR count). The van der Waals surface area contributed by atoms with Gasteiger partial charge >= 0.3 is 12.0 Å². The van der Waals surface area contributed by atoms with Crippen molar-refractivity contribution in [1.29, 1.82) is 0 Å². The second-order valence-corrected chi connectivity index (χ2v) is 9.73. The van der Waals surface area contributed by atoms with Gasteiger partial charge in [-0.25, -0.2) is 9.18 Å². The first-order valence-corrected chi connectivity index (χ1v) is 13.1. The van der Waals surface area contributed by atoms with Gasteiger partial charge in [-0.1, -0.05) is 72.8 Å². The van der Waals surface area contributed by atoms with Crippen LogP contribution < -0.4 is 10.6 Å². The van der Waals surface area contributed by atoms with Gasteiger partial charge in [-0.15, -0.1) is 0 Å². The van der Waals surface area contributed by atoms with E-state index in [1.807, 2.05) is 61.5 Å². The number of carboxylic acid groups (broad SMARTS) is 1. The molecule has 4 aromatic rings. The van der Waals surface area contributed by atoms with E-state index in [1.54, 1.807) is 30.3 Å². The zero-order valence-electron chi connectivity index (χ0n) is 22.2. The third kappa shape index (κ3) is 7.86. The smallest absolute Gasteiger partial charge is 0.319 e. The molecule has 3 N–H and O–H groups in total. The van der Waals surface area contributed by atoms with Crippen LogP contribution in [0.3, 0.4) is 0 Å². The van der Waals surface area contributed by atoms with Crippen LogP contribution in [0.4, 0.5) is 14.9 Å². The number of aryl methyl sites for hydroxylation is 2. The number of hydrogen-bond donors (Lipinski definition) is 3. The number of rotatable bonds is 11. The lowest BCUT2D eigenvalue weighted by atomic mass is 9.90. The molecule has 0 radical (unpaired) electrons. The maximum Gasteiger partial charge on any atom is 0.319 e. The highest BCUT2D eigenvalue weighted by atomic mass is 19.1. The van der Waals surface area contributed by atoms with Crippen LogP contribution in [0.5, 0.6) is 0 Å². The van der Waals surface area contributed by atoms with Crippen molar-refractivity contribution in [3.63, 3.8) is 0 Å². The average Bonchev–Trinajstić information content (AvgIpc) is 2.95.